The minimum atomic E-state index is -2.94. The maximum absolute atomic E-state index is 12.0. The minimum Gasteiger partial charge on any atom is -0.331 e. The Labute approximate surface area is 102 Å². The van der Waals surface area contributed by atoms with Gasteiger partial charge in [-0.3, -0.25) is 0 Å². The average molecular weight is 254 g/mol. The second kappa shape index (κ2) is 3.83. The molecule has 1 fully saturated rings. The second-order valence-corrected chi connectivity index (χ2v) is 7.66. The molecule has 5 heteroatoms. The maximum Gasteiger partial charge on any atom is 0.160 e. The van der Waals surface area contributed by atoms with Gasteiger partial charge in [-0.1, -0.05) is 6.92 Å². The van der Waals surface area contributed by atoms with Crippen LogP contribution in [0.5, 0.6) is 0 Å². The lowest BCUT2D eigenvalue weighted by Gasteiger charge is -2.23. The number of hydrogen-bond acceptors (Lipinski definition) is 3. The first kappa shape index (κ1) is 11.3. The predicted octanol–water partition coefficient (Wildman–Crippen LogP) is 1.72. The number of rotatable bonds is 1. The molecular formula is C12H18N2O2S. The SMILES string of the molecule is CC1CCc2cnc(C3CCCS3(=O)=O)n2C1. The van der Waals surface area contributed by atoms with Crippen LogP contribution in [0.1, 0.15) is 43.0 Å². The van der Waals surface area contributed by atoms with Gasteiger partial charge >= 0.3 is 0 Å². The number of hydrogen-bond donors (Lipinski definition) is 0. The molecule has 1 saturated heterocycles. The zero-order valence-corrected chi connectivity index (χ0v) is 10.9. The summed E-state index contributed by atoms with van der Waals surface area (Å²) >= 11 is 0. The van der Waals surface area contributed by atoms with Crippen LogP contribution in [0.15, 0.2) is 6.20 Å². The van der Waals surface area contributed by atoms with Crippen LogP contribution >= 0.6 is 0 Å². The summed E-state index contributed by atoms with van der Waals surface area (Å²) in [6.45, 7) is 3.15. The molecule has 0 N–H and O–H groups in total. The Balaban J connectivity index is 2.02. The molecule has 17 heavy (non-hydrogen) atoms. The van der Waals surface area contributed by atoms with Gasteiger partial charge in [0.25, 0.3) is 0 Å². The summed E-state index contributed by atoms with van der Waals surface area (Å²) in [5.41, 5.74) is 1.21. The smallest absolute Gasteiger partial charge is 0.160 e. The molecule has 94 valence electrons. The van der Waals surface area contributed by atoms with Crippen molar-refractivity contribution in [2.75, 3.05) is 5.75 Å². The van der Waals surface area contributed by atoms with Crippen LogP contribution in [-0.2, 0) is 22.8 Å². The van der Waals surface area contributed by atoms with Crippen LogP contribution in [0.3, 0.4) is 0 Å². The highest BCUT2D eigenvalue weighted by molar-refractivity contribution is 7.91. The van der Waals surface area contributed by atoms with E-state index in [-0.39, 0.29) is 5.25 Å². The minimum absolute atomic E-state index is 0.329. The summed E-state index contributed by atoms with van der Waals surface area (Å²) in [6.07, 6.45) is 5.61. The van der Waals surface area contributed by atoms with E-state index < -0.39 is 9.84 Å². The fraction of sp³-hybridized carbons (Fsp3) is 0.750. The normalized spacial score (nSPS) is 31.4. The first-order valence-electron chi connectivity index (χ1n) is 6.34. The van der Waals surface area contributed by atoms with Gasteiger partial charge in [0.1, 0.15) is 11.1 Å². The standard InChI is InChI=1S/C12H18N2O2S/c1-9-4-5-10-7-13-12(14(10)8-9)11-3-2-6-17(11,15)16/h7,9,11H,2-6,8H2,1H3. The summed E-state index contributed by atoms with van der Waals surface area (Å²) in [6, 6.07) is 0. The molecule has 0 amide bonds. The molecule has 1 aromatic heterocycles. The van der Waals surface area contributed by atoms with Crippen molar-refractivity contribution in [2.45, 2.75) is 44.4 Å². The summed E-state index contributed by atoms with van der Waals surface area (Å²) < 4.78 is 26.1. The molecule has 2 unspecified atom stereocenters. The van der Waals surface area contributed by atoms with Crippen molar-refractivity contribution in [1.82, 2.24) is 9.55 Å². The maximum atomic E-state index is 12.0. The Hall–Kier alpha value is -0.840. The molecule has 0 radical (unpaired) electrons. The molecule has 0 aromatic carbocycles. The van der Waals surface area contributed by atoms with Crippen LogP contribution < -0.4 is 0 Å². The number of imidazole rings is 1. The van der Waals surface area contributed by atoms with Crippen molar-refractivity contribution in [3.05, 3.63) is 17.7 Å². The van der Waals surface area contributed by atoms with E-state index in [4.69, 9.17) is 0 Å². The Morgan fingerprint density at radius 1 is 1.41 bits per heavy atom. The third kappa shape index (κ3) is 1.80. The summed E-state index contributed by atoms with van der Waals surface area (Å²) in [4.78, 5) is 4.39. The lowest BCUT2D eigenvalue weighted by Crippen LogP contribution is -2.22. The largest absolute Gasteiger partial charge is 0.331 e. The van der Waals surface area contributed by atoms with Crippen LogP contribution in [0.2, 0.25) is 0 Å². The molecule has 2 aliphatic rings. The van der Waals surface area contributed by atoms with Gasteiger partial charge in [0.15, 0.2) is 9.84 Å². The fourth-order valence-corrected chi connectivity index (χ4v) is 4.86. The second-order valence-electron chi connectivity index (χ2n) is 5.36. The third-order valence-electron chi connectivity index (χ3n) is 3.97. The Morgan fingerprint density at radius 2 is 2.24 bits per heavy atom. The molecule has 2 atom stereocenters. The van der Waals surface area contributed by atoms with Crippen molar-refractivity contribution in [3.63, 3.8) is 0 Å². The summed E-state index contributed by atoms with van der Waals surface area (Å²) in [7, 11) is -2.94. The number of nitrogens with zero attached hydrogens (tertiary/aromatic N) is 2. The van der Waals surface area contributed by atoms with Gasteiger partial charge in [-0.25, -0.2) is 13.4 Å². The first-order valence-corrected chi connectivity index (χ1v) is 8.05. The van der Waals surface area contributed by atoms with E-state index in [0.29, 0.717) is 11.7 Å². The highest BCUT2D eigenvalue weighted by Crippen LogP contribution is 2.35. The van der Waals surface area contributed by atoms with Crippen LogP contribution in [0.4, 0.5) is 0 Å². The van der Waals surface area contributed by atoms with Crippen molar-refractivity contribution in [2.24, 2.45) is 5.92 Å². The first-order chi connectivity index (χ1) is 8.08. The topological polar surface area (TPSA) is 52.0 Å². The van der Waals surface area contributed by atoms with Gasteiger partial charge in [0.05, 0.1) is 5.75 Å². The van der Waals surface area contributed by atoms with Gasteiger partial charge < -0.3 is 4.57 Å². The zero-order chi connectivity index (χ0) is 12.0. The molecule has 0 spiro atoms. The zero-order valence-electron chi connectivity index (χ0n) is 10.1. The third-order valence-corrected chi connectivity index (χ3v) is 6.14. The molecule has 0 aliphatic carbocycles. The van der Waals surface area contributed by atoms with Gasteiger partial charge in [-0.15, -0.1) is 0 Å². The monoisotopic (exact) mass is 254 g/mol. The van der Waals surface area contributed by atoms with Crippen molar-refractivity contribution >= 4 is 9.84 Å². The van der Waals surface area contributed by atoms with Gasteiger partial charge in [-0.2, -0.15) is 0 Å². The van der Waals surface area contributed by atoms with Gasteiger partial charge in [-0.05, 0) is 31.6 Å². The highest BCUT2D eigenvalue weighted by atomic mass is 32.2. The molecule has 3 heterocycles. The molecule has 0 bridgehead atoms. The molecule has 2 aliphatic heterocycles. The van der Waals surface area contributed by atoms with E-state index in [2.05, 4.69) is 16.5 Å². The number of fused-ring (bicyclic) bond motifs is 1. The number of aromatic nitrogens is 2. The summed E-state index contributed by atoms with van der Waals surface area (Å²) in [5, 5.41) is -0.346. The average Bonchev–Trinajstić information content (AvgIpc) is 2.80. The number of aryl methyl sites for hydroxylation is 1. The quantitative estimate of drug-likeness (QED) is 0.766. The molecule has 4 nitrogen and oxygen atoms in total. The highest BCUT2D eigenvalue weighted by Gasteiger charge is 2.36. The van der Waals surface area contributed by atoms with Crippen LogP contribution in [-0.4, -0.2) is 23.7 Å². The summed E-state index contributed by atoms with van der Waals surface area (Å²) in [5.74, 6) is 1.75. The van der Waals surface area contributed by atoms with Crippen molar-refractivity contribution in [1.29, 1.82) is 0 Å². The molecule has 0 saturated carbocycles. The molecular weight excluding hydrogens is 236 g/mol. The lowest BCUT2D eigenvalue weighted by atomic mass is 10.0. The van der Waals surface area contributed by atoms with E-state index in [1.165, 1.54) is 12.1 Å². The van der Waals surface area contributed by atoms with Gasteiger partial charge in [0, 0.05) is 18.4 Å². The number of sulfone groups is 1. The van der Waals surface area contributed by atoms with Crippen LogP contribution in [0.25, 0.3) is 0 Å². The van der Waals surface area contributed by atoms with E-state index >= 15 is 0 Å². The van der Waals surface area contributed by atoms with Crippen LogP contribution in [0, 0.1) is 5.92 Å². The Bertz CT molecular complexity index is 533. The van der Waals surface area contributed by atoms with E-state index in [9.17, 15) is 8.42 Å². The lowest BCUT2D eigenvalue weighted by molar-refractivity contribution is 0.388. The molecule has 1 aromatic rings. The Morgan fingerprint density at radius 3 is 2.94 bits per heavy atom. The van der Waals surface area contributed by atoms with E-state index in [0.717, 1.165) is 31.6 Å². The van der Waals surface area contributed by atoms with E-state index in [1.54, 1.807) is 0 Å². The molecule has 3 rings (SSSR count). The Kier molecular flexibility index (Phi) is 2.54. The van der Waals surface area contributed by atoms with Crippen molar-refractivity contribution < 1.29 is 8.42 Å². The fourth-order valence-electron chi connectivity index (χ4n) is 2.97. The van der Waals surface area contributed by atoms with Gasteiger partial charge in [0.2, 0.25) is 0 Å². The van der Waals surface area contributed by atoms with E-state index in [1.807, 2.05) is 6.20 Å². The van der Waals surface area contributed by atoms with Crippen molar-refractivity contribution in [3.8, 4) is 0 Å². The predicted molar refractivity (Wildman–Crippen MR) is 65.5 cm³/mol.